The molecule has 0 atom stereocenters. The number of ether oxygens (including phenoxy) is 1. The quantitative estimate of drug-likeness (QED) is 0.798. The Morgan fingerprint density at radius 3 is 2.71 bits per heavy atom. The van der Waals surface area contributed by atoms with E-state index in [4.69, 9.17) is 10.5 Å². The fourth-order valence-corrected chi connectivity index (χ4v) is 2.86. The van der Waals surface area contributed by atoms with Crippen LogP contribution in [0.5, 0.6) is 5.75 Å². The summed E-state index contributed by atoms with van der Waals surface area (Å²) in [5, 5.41) is 2.62. The van der Waals surface area contributed by atoms with E-state index in [2.05, 4.69) is 42.2 Å². The molecule has 110 valence electrons. The summed E-state index contributed by atoms with van der Waals surface area (Å²) < 4.78 is 19.7. The molecule has 2 aromatic rings. The molecule has 0 fully saturated rings. The Hall–Kier alpha value is -1.67. The molecule has 1 heterocycles. The van der Waals surface area contributed by atoms with Crippen molar-refractivity contribution in [3.05, 3.63) is 44.7 Å². The molecule has 8 heteroatoms. The number of nitrogens with zero attached hydrogens (tertiary/aromatic N) is 1. The molecule has 0 aliphatic heterocycles. The van der Waals surface area contributed by atoms with Gasteiger partial charge in [0.05, 0.1) is 29.0 Å². The third kappa shape index (κ3) is 3.51. The SMILES string of the molecule is COc1cc(NC(=O)c2cc(F)cnc2N)c(Br)cc1Br. The zero-order valence-corrected chi connectivity index (χ0v) is 14.0. The van der Waals surface area contributed by atoms with Crippen molar-refractivity contribution in [3.63, 3.8) is 0 Å². The van der Waals surface area contributed by atoms with Crippen molar-refractivity contribution >= 4 is 49.3 Å². The van der Waals surface area contributed by atoms with Crippen LogP contribution in [0.1, 0.15) is 10.4 Å². The lowest BCUT2D eigenvalue weighted by molar-refractivity contribution is 0.102. The molecule has 1 aromatic heterocycles. The first-order chi connectivity index (χ1) is 9.92. The number of nitrogens with two attached hydrogens (primary N) is 1. The van der Waals surface area contributed by atoms with E-state index in [-0.39, 0.29) is 11.4 Å². The number of pyridine rings is 1. The van der Waals surface area contributed by atoms with Crippen molar-refractivity contribution in [1.29, 1.82) is 0 Å². The maximum absolute atomic E-state index is 13.2. The molecule has 0 saturated heterocycles. The number of benzene rings is 1. The molecule has 5 nitrogen and oxygen atoms in total. The van der Waals surface area contributed by atoms with Gasteiger partial charge < -0.3 is 15.8 Å². The van der Waals surface area contributed by atoms with E-state index in [0.29, 0.717) is 15.9 Å². The topological polar surface area (TPSA) is 77.2 Å². The minimum Gasteiger partial charge on any atom is -0.495 e. The number of rotatable bonds is 3. The molecule has 0 radical (unpaired) electrons. The smallest absolute Gasteiger partial charge is 0.259 e. The van der Waals surface area contributed by atoms with E-state index in [1.807, 2.05) is 0 Å². The molecule has 0 bridgehead atoms. The summed E-state index contributed by atoms with van der Waals surface area (Å²) in [6.07, 6.45) is 0.949. The van der Waals surface area contributed by atoms with Crippen molar-refractivity contribution in [1.82, 2.24) is 4.98 Å². The van der Waals surface area contributed by atoms with Gasteiger partial charge >= 0.3 is 0 Å². The van der Waals surface area contributed by atoms with E-state index in [1.54, 1.807) is 12.1 Å². The number of halogens is 3. The van der Waals surface area contributed by atoms with Crippen molar-refractivity contribution in [2.75, 3.05) is 18.2 Å². The number of carbonyl (C=O) groups is 1. The van der Waals surface area contributed by atoms with Gasteiger partial charge in [-0.25, -0.2) is 9.37 Å². The number of methoxy groups -OCH3 is 1. The minimum atomic E-state index is -0.637. The molecule has 1 amide bonds. The number of hydrogen-bond acceptors (Lipinski definition) is 4. The van der Waals surface area contributed by atoms with Crippen LogP contribution in [0, 0.1) is 5.82 Å². The largest absolute Gasteiger partial charge is 0.495 e. The van der Waals surface area contributed by atoms with Crippen LogP contribution < -0.4 is 15.8 Å². The van der Waals surface area contributed by atoms with Gasteiger partial charge in [-0.1, -0.05) is 0 Å². The van der Waals surface area contributed by atoms with Crippen molar-refractivity contribution < 1.29 is 13.9 Å². The third-order valence-corrected chi connectivity index (χ3v) is 3.90. The summed E-state index contributed by atoms with van der Waals surface area (Å²) in [6.45, 7) is 0. The van der Waals surface area contributed by atoms with Crippen LogP contribution in [0.2, 0.25) is 0 Å². The fraction of sp³-hybridized carbons (Fsp3) is 0.0769. The lowest BCUT2D eigenvalue weighted by atomic mass is 10.2. The Kier molecular flexibility index (Phi) is 4.79. The minimum absolute atomic E-state index is 0.0382. The van der Waals surface area contributed by atoms with Gasteiger partial charge in [0.15, 0.2) is 0 Å². The van der Waals surface area contributed by atoms with Gasteiger partial charge in [-0.2, -0.15) is 0 Å². The highest BCUT2D eigenvalue weighted by molar-refractivity contribution is 9.11. The standard InChI is InChI=1S/C13H10Br2FN3O2/c1-21-11-4-10(8(14)3-9(11)15)19-13(20)7-2-6(16)5-18-12(7)17/h2-5H,1H3,(H2,17,18)(H,19,20). The lowest BCUT2D eigenvalue weighted by Crippen LogP contribution is -2.15. The number of aromatic nitrogens is 1. The second-order valence-electron chi connectivity index (χ2n) is 4.01. The molecule has 0 spiro atoms. The van der Waals surface area contributed by atoms with Crippen LogP contribution in [-0.2, 0) is 0 Å². The molecule has 0 saturated carbocycles. The summed E-state index contributed by atoms with van der Waals surface area (Å²) in [5.74, 6) is -0.709. The Labute approximate surface area is 137 Å². The number of hydrogen-bond donors (Lipinski definition) is 2. The van der Waals surface area contributed by atoms with Gasteiger partial charge in [-0.3, -0.25) is 4.79 Å². The second kappa shape index (κ2) is 6.40. The van der Waals surface area contributed by atoms with Crippen LogP contribution in [0.25, 0.3) is 0 Å². The van der Waals surface area contributed by atoms with E-state index in [9.17, 15) is 9.18 Å². The van der Waals surface area contributed by atoms with E-state index < -0.39 is 11.7 Å². The number of anilines is 2. The van der Waals surface area contributed by atoms with Crippen LogP contribution in [0.4, 0.5) is 15.9 Å². The Balaban J connectivity index is 2.33. The maximum Gasteiger partial charge on any atom is 0.259 e. The third-order valence-electron chi connectivity index (χ3n) is 2.62. The molecule has 3 N–H and O–H groups in total. The molecular weight excluding hydrogens is 409 g/mol. The highest BCUT2D eigenvalue weighted by atomic mass is 79.9. The van der Waals surface area contributed by atoms with Crippen molar-refractivity contribution in [3.8, 4) is 5.75 Å². The maximum atomic E-state index is 13.2. The van der Waals surface area contributed by atoms with Gasteiger partial charge in [0, 0.05) is 10.5 Å². The van der Waals surface area contributed by atoms with Crippen molar-refractivity contribution in [2.45, 2.75) is 0 Å². The van der Waals surface area contributed by atoms with Gasteiger partial charge in [-0.15, -0.1) is 0 Å². The summed E-state index contributed by atoms with van der Waals surface area (Å²) in [5.41, 5.74) is 6.00. The van der Waals surface area contributed by atoms with E-state index in [1.165, 1.54) is 7.11 Å². The molecular formula is C13H10Br2FN3O2. The Bertz CT molecular complexity index is 710. The molecule has 0 unspecified atom stereocenters. The molecule has 0 aliphatic rings. The Morgan fingerprint density at radius 1 is 1.33 bits per heavy atom. The number of amides is 1. The van der Waals surface area contributed by atoms with Gasteiger partial charge in [0.1, 0.15) is 17.4 Å². The zero-order chi connectivity index (χ0) is 15.6. The van der Waals surface area contributed by atoms with Crippen LogP contribution in [0.3, 0.4) is 0 Å². The molecule has 1 aromatic carbocycles. The number of nitrogens with one attached hydrogen (secondary N) is 1. The summed E-state index contributed by atoms with van der Waals surface area (Å²) >= 11 is 6.65. The highest BCUT2D eigenvalue weighted by Crippen LogP contribution is 2.34. The Morgan fingerprint density at radius 2 is 2.05 bits per heavy atom. The molecule has 2 rings (SSSR count). The predicted molar refractivity (Wildman–Crippen MR) is 85.0 cm³/mol. The van der Waals surface area contributed by atoms with Gasteiger partial charge in [-0.05, 0) is 44.0 Å². The van der Waals surface area contributed by atoms with E-state index in [0.717, 1.165) is 16.7 Å². The van der Waals surface area contributed by atoms with Gasteiger partial charge in [0.25, 0.3) is 5.91 Å². The molecule has 21 heavy (non-hydrogen) atoms. The lowest BCUT2D eigenvalue weighted by Gasteiger charge is -2.11. The average Bonchev–Trinajstić information content (AvgIpc) is 2.44. The van der Waals surface area contributed by atoms with Crippen molar-refractivity contribution in [2.24, 2.45) is 0 Å². The van der Waals surface area contributed by atoms with Crippen LogP contribution >= 0.6 is 31.9 Å². The first-order valence-corrected chi connectivity index (χ1v) is 7.26. The summed E-state index contributed by atoms with van der Waals surface area (Å²) in [4.78, 5) is 15.8. The monoisotopic (exact) mass is 417 g/mol. The first kappa shape index (κ1) is 15.7. The molecule has 0 aliphatic carbocycles. The highest BCUT2D eigenvalue weighted by Gasteiger charge is 2.15. The number of carbonyl (C=O) groups excluding carboxylic acids is 1. The second-order valence-corrected chi connectivity index (χ2v) is 5.72. The predicted octanol–water partition coefficient (Wildman–Crippen LogP) is 3.59. The van der Waals surface area contributed by atoms with E-state index >= 15 is 0 Å². The summed E-state index contributed by atoms with van der Waals surface area (Å²) in [6, 6.07) is 4.37. The van der Waals surface area contributed by atoms with Crippen LogP contribution in [0.15, 0.2) is 33.3 Å². The van der Waals surface area contributed by atoms with Gasteiger partial charge in [0.2, 0.25) is 0 Å². The summed E-state index contributed by atoms with van der Waals surface area (Å²) in [7, 11) is 1.51. The number of nitrogen functional groups attached to an aromatic ring is 1. The fourth-order valence-electron chi connectivity index (χ4n) is 1.60. The zero-order valence-electron chi connectivity index (χ0n) is 10.8. The first-order valence-electron chi connectivity index (χ1n) is 5.67. The average molecular weight is 419 g/mol. The van der Waals surface area contributed by atoms with Crippen LogP contribution in [-0.4, -0.2) is 18.0 Å². The normalized spacial score (nSPS) is 10.3.